The first-order chi connectivity index (χ1) is 11.6. The Morgan fingerprint density at radius 1 is 1.12 bits per heavy atom. The molecule has 0 aliphatic heterocycles. The summed E-state index contributed by atoms with van der Waals surface area (Å²) in [6.45, 7) is -0.448. The van der Waals surface area contributed by atoms with E-state index in [2.05, 4.69) is 14.4 Å². The Morgan fingerprint density at radius 2 is 1.64 bits per heavy atom. The lowest BCUT2D eigenvalue weighted by Crippen LogP contribution is -2.36. The molecule has 1 amide bonds. The lowest BCUT2D eigenvalue weighted by atomic mass is 10.2. The van der Waals surface area contributed by atoms with E-state index in [-0.39, 0.29) is 6.61 Å². The van der Waals surface area contributed by atoms with Crippen molar-refractivity contribution < 1.29 is 42.6 Å². The number of benzene rings is 1. The molecule has 0 aliphatic rings. The molecule has 0 saturated carbocycles. The second kappa shape index (κ2) is 8.91. The van der Waals surface area contributed by atoms with Crippen molar-refractivity contribution in [2.75, 3.05) is 20.8 Å². The second-order valence-electron chi connectivity index (χ2n) is 4.92. The molecule has 0 saturated heterocycles. The van der Waals surface area contributed by atoms with Crippen LogP contribution in [0, 0.1) is 0 Å². The lowest BCUT2D eigenvalue weighted by molar-refractivity contribution is 0.106. The number of aliphatic hydroxyl groups is 1. The van der Waals surface area contributed by atoms with E-state index in [1.165, 1.54) is 0 Å². The zero-order valence-corrected chi connectivity index (χ0v) is 15.5. The van der Waals surface area contributed by atoms with Crippen molar-refractivity contribution in [2.45, 2.75) is 18.1 Å². The molecule has 0 aromatic heterocycles. The summed E-state index contributed by atoms with van der Waals surface area (Å²) >= 11 is 0. The van der Waals surface area contributed by atoms with Gasteiger partial charge in [-0.3, -0.25) is 9.13 Å². The Morgan fingerprint density at radius 3 is 2.12 bits per heavy atom. The summed E-state index contributed by atoms with van der Waals surface area (Å²) in [4.78, 5) is 30.9. The van der Waals surface area contributed by atoms with Gasteiger partial charge in [0.2, 0.25) is 0 Å². The fourth-order valence-electron chi connectivity index (χ4n) is 1.84. The molecule has 0 spiro atoms. The van der Waals surface area contributed by atoms with Gasteiger partial charge < -0.3 is 34.0 Å². The molecule has 2 unspecified atom stereocenters. The maximum atomic E-state index is 11.9. The third-order valence-electron chi connectivity index (χ3n) is 3.34. The van der Waals surface area contributed by atoms with Crippen molar-refractivity contribution in [1.29, 1.82) is 0 Å². The Balaban J connectivity index is 2.64. The SMILES string of the molecule is COP(=O)(O)C(O)(CCNC(=O)OCc1ccccc1)P(=O)(O)OC. The van der Waals surface area contributed by atoms with Gasteiger partial charge in [-0.25, -0.2) is 4.79 Å². The van der Waals surface area contributed by atoms with Crippen LogP contribution in [0.4, 0.5) is 4.79 Å². The van der Waals surface area contributed by atoms with Crippen molar-refractivity contribution in [3.8, 4) is 0 Å². The summed E-state index contributed by atoms with van der Waals surface area (Å²) in [7, 11) is -8.27. The standard InChI is InChI=1S/C13H21NO9P2/c1-21-24(17,18)13(16,25(19,20)22-2)8-9-14-12(15)23-10-11-6-4-3-5-7-11/h3-7,16H,8-10H2,1-2H3,(H,14,15)(H,17,18)(H,19,20). The van der Waals surface area contributed by atoms with Crippen LogP contribution in [0.15, 0.2) is 30.3 Å². The Labute approximate surface area is 144 Å². The van der Waals surface area contributed by atoms with Gasteiger partial charge in [-0.15, -0.1) is 0 Å². The Kier molecular flexibility index (Phi) is 7.77. The summed E-state index contributed by atoms with van der Waals surface area (Å²) in [5.74, 6) is 0. The quantitative estimate of drug-likeness (QED) is 0.455. The molecule has 4 N–H and O–H groups in total. The summed E-state index contributed by atoms with van der Waals surface area (Å²) in [6, 6.07) is 8.82. The zero-order chi connectivity index (χ0) is 19.1. The van der Waals surface area contributed by atoms with E-state index in [0.717, 1.165) is 19.8 Å². The molecule has 0 heterocycles. The number of hydrogen-bond acceptors (Lipinski definition) is 7. The summed E-state index contributed by atoms with van der Waals surface area (Å²) in [5.41, 5.74) is 0.743. The predicted molar refractivity (Wildman–Crippen MR) is 87.9 cm³/mol. The fourth-order valence-corrected chi connectivity index (χ4v) is 4.98. The van der Waals surface area contributed by atoms with Gasteiger partial charge >= 0.3 is 21.3 Å². The minimum Gasteiger partial charge on any atom is -0.445 e. The number of nitrogens with one attached hydrogen (secondary N) is 1. The number of ether oxygens (including phenoxy) is 1. The number of rotatable bonds is 9. The topological polar surface area (TPSA) is 152 Å². The van der Waals surface area contributed by atoms with Gasteiger partial charge in [0.25, 0.3) is 5.08 Å². The number of alkyl carbamates (subject to hydrolysis) is 1. The van der Waals surface area contributed by atoms with Crippen LogP contribution >= 0.6 is 15.2 Å². The number of carbonyl (C=O) groups excluding carboxylic acids is 1. The van der Waals surface area contributed by atoms with Crippen molar-refractivity contribution >= 4 is 21.3 Å². The van der Waals surface area contributed by atoms with Crippen LogP contribution in [-0.4, -0.2) is 46.8 Å². The van der Waals surface area contributed by atoms with E-state index in [9.17, 15) is 28.8 Å². The molecule has 25 heavy (non-hydrogen) atoms. The molecule has 142 valence electrons. The normalized spacial score (nSPS) is 18.4. The average molecular weight is 397 g/mol. The minimum atomic E-state index is -4.93. The van der Waals surface area contributed by atoms with Crippen LogP contribution < -0.4 is 5.32 Å². The van der Waals surface area contributed by atoms with Crippen molar-refractivity contribution in [3.05, 3.63) is 35.9 Å². The van der Waals surface area contributed by atoms with E-state index >= 15 is 0 Å². The van der Waals surface area contributed by atoms with E-state index in [1.54, 1.807) is 30.3 Å². The average Bonchev–Trinajstić information content (AvgIpc) is 2.60. The Bertz CT molecular complexity index is 643. The smallest absolute Gasteiger partial charge is 0.407 e. The summed E-state index contributed by atoms with van der Waals surface area (Å²) < 4.78 is 37.3. The predicted octanol–water partition coefficient (Wildman–Crippen LogP) is 1.61. The van der Waals surface area contributed by atoms with Crippen molar-refractivity contribution in [1.82, 2.24) is 5.32 Å². The van der Waals surface area contributed by atoms with E-state index in [1.807, 2.05) is 0 Å². The molecular weight excluding hydrogens is 376 g/mol. The van der Waals surface area contributed by atoms with Crippen LogP contribution in [0.2, 0.25) is 0 Å². The van der Waals surface area contributed by atoms with Crippen LogP contribution in [0.25, 0.3) is 0 Å². The van der Waals surface area contributed by atoms with Gasteiger partial charge in [0.05, 0.1) is 0 Å². The van der Waals surface area contributed by atoms with Gasteiger partial charge in [-0.05, 0) is 5.56 Å². The molecule has 12 heteroatoms. The van der Waals surface area contributed by atoms with Crippen molar-refractivity contribution in [3.63, 3.8) is 0 Å². The van der Waals surface area contributed by atoms with Crippen LogP contribution in [0.1, 0.15) is 12.0 Å². The minimum absolute atomic E-state index is 0.00985. The maximum absolute atomic E-state index is 11.9. The molecular formula is C13H21NO9P2. The molecule has 0 bridgehead atoms. The first-order valence-corrected chi connectivity index (χ1v) is 10.2. The van der Waals surface area contributed by atoms with Gasteiger partial charge in [0.15, 0.2) is 0 Å². The molecule has 10 nitrogen and oxygen atoms in total. The van der Waals surface area contributed by atoms with E-state index < -0.39 is 39.3 Å². The first kappa shape index (κ1) is 21.8. The van der Waals surface area contributed by atoms with Gasteiger partial charge in [0.1, 0.15) is 6.61 Å². The van der Waals surface area contributed by atoms with Gasteiger partial charge in [-0.1, -0.05) is 30.3 Å². The zero-order valence-electron chi connectivity index (χ0n) is 13.7. The highest BCUT2D eigenvalue weighted by molar-refractivity contribution is 7.72. The molecule has 0 aliphatic carbocycles. The molecule has 0 fully saturated rings. The molecule has 2 atom stereocenters. The third-order valence-corrected chi connectivity index (χ3v) is 8.11. The molecule has 1 aromatic carbocycles. The lowest BCUT2D eigenvalue weighted by Gasteiger charge is -2.32. The molecule has 1 aromatic rings. The van der Waals surface area contributed by atoms with Crippen LogP contribution in [0.5, 0.6) is 0 Å². The van der Waals surface area contributed by atoms with Gasteiger partial charge in [-0.2, -0.15) is 0 Å². The van der Waals surface area contributed by atoms with Crippen LogP contribution in [-0.2, 0) is 29.5 Å². The van der Waals surface area contributed by atoms with Gasteiger partial charge in [0, 0.05) is 27.2 Å². The Hall–Kier alpha value is -1.25. The largest absolute Gasteiger partial charge is 0.445 e. The van der Waals surface area contributed by atoms with E-state index in [4.69, 9.17) is 4.74 Å². The number of carbonyl (C=O) groups is 1. The highest BCUT2D eigenvalue weighted by Gasteiger charge is 2.61. The number of amides is 1. The third kappa shape index (κ3) is 5.36. The van der Waals surface area contributed by atoms with E-state index in [0.29, 0.717) is 0 Å². The molecule has 0 radical (unpaired) electrons. The van der Waals surface area contributed by atoms with Crippen LogP contribution in [0.3, 0.4) is 0 Å². The maximum Gasteiger partial charge on any atom is 0.407 e. The van der Waals surface area contributed by atoms with Crippen molar-refractivity contribution in [2.24, 2.45) is 0 Å². The fraction of sp³-hybridized carbons (Fsp3) is 0.462. The monoisotopic (exact) mass is 397 g/mol. The summed E-state index contributed by atoms with van der Waals surface area (Å²) in [6.07, 6.45) is -1.65. The number of hydrogen-bond donors (Lipinski definition) is 4. The highest BCUT2D eigenvalue weighted by atomic mass is 31.2. The summed E-state index contributed by atoms with van der Waals surface area (Å²) in [5, 5.41) is 9.32. The first-order valence-electron chi connectivity index (χ1n) is 7.04. The highest BCUT2D eigenvalue weighted by Crippen LogP contribution is 2.72. The second-order valence-corrected chi connectivity index (χ2v) is 9.56. The molecule has 1 rings (SSSR count).